The van der Waals surface area contributed by atoms with Crippen LogP contribution >= 0.6 is 0 Å². The third kappa shape index (κ3) is 7.23. The van der Waals surface area contributed by atoms with Gasteiger partial charge in [-0.05, 0) is 12.8 Å². The second-order valence-electron chi connectivity index (χ2n) is 4.02. The number of carboxylic acid groups (broad SMARTS) is 1. The molecule has 0 aromatic rings. The first kappa shape index (κ1) is 14.9. The Balaban J connectivity index is 4.06. The molecule has 5 nitrogen and oxygen atoms in total. The lowest BCUT2D eigenvalue weighted by Gasteiger charge is -2.17. The van der Waals surface area contributed by atoms with Crippen molar-refractivity contribution in [3.05, 3.63) is 0 Å². The van der Waals surface area contributed by atoms with Crippen molar-refractivity contribution in [2.45, 2.75) is 58.0 Å². The Morgan fingerprint density at radius 3 is 2.38 bits per heavy atom. The topological polar surface area (TPSA) is 92.4 Å². The van der Waals surface area contributed by atoms with Gasteiger partial charge in [-0.25, -0.2) is 0 Å². The van der Waals surface area contributed by atoms with Gasteiger partial charge in [-0.2, -0.15) is 0 Å². The fourth-order valence-corrected chi connectivity index (χ4v) is 1.45. The predicted molar refractivity (Wildman–Crippen MR) is 62.0 cm³/mol. The number of carbonyl (C=O) groups is 2. The largest absolute Gasteiger partial charge is 0.481 e. The van der Waals surface area contributed by atoms with Gasteiger partial charge in [-0.3, -0.25) is 9.59 Å². The van der Waals surface area contributed by atoms with Crippen LogP contribution in [0.2, 0.25) is 0 Å². The summed E-state index contributed by atoms with van der Waals surface area (Å²) in [5.41, 5.74) is 5.65. The molecule has 0 fully saturated rings. The fourth-order valence-electron chi connectivity index (χ4n) is 1.45. The van der Waals surface area contributed by atoms with E-state index in [0.29, 0.717) is 6.42 Å². The third-order valence-corrected chi connectivity index (χ3v) is 2.40. The Hall–Kier alpha value is -1.10. The SMILES string of the molecule is CCCC(CC(=O)O)NC(=O)CC(N)CC. The molecule has 0 aliphatic rings. The minimum Gasteiger partial charge on any atom is -0.481 e. The fraction of sp³-hybridized carbons (Fsp3) is 0.818. The van der Waals surface area contributed by atoms with Crippen molar-refractivity contribution in [3.63, 3.8) is 0 Å². The van der Waals surface area contributed by atoms with Crippen LogP contribution in [-0.2, 0) is 9.59 Å². The van der Waals surface area contributed by atoms with Crippen LogP contribution in [0.15, 0.2) is 0 Å². The molecule has 0 saturated carbocycles. The second kappa shape index (κ2) is 8.10. The molecule has 1 amide bonds. The highest BCUT2D eigenvalue weighted by molar-refractivity contribution is 5.77. The van der Waals surface area contributed by atoms with Crippen LogP contribution in [0.25, 0.3) is 0 Å². The van der Waals surface area contributed by atoms with E-state index >= 15 is 0 Å². The molecule has 0 aromatic heterocycles. The summed E-state index contributed by atoms with van der Waals surface area (Å²) in [7, 11) is 0. The number of hydrogen-bond donors (Lipinski definition) is 3. The zero-order valence-electron chi connectivity index (χ0n) is 10.0. The Bertz CT molecular complexity index is 231. The van der Waals surface area contributed by atoms with E-state index in [2.05, 4.69) is 5.32 Å². The quantitative estimate of drug-likeness (QED) is 0.577. The minimum atomic E-state index is -0.890. The summed E-state index contributed by atoms with van der Waals surface area (Å²) < 4.78 is 0. The molecular weight excluding hydrogens is 208 g/mol. The predicted octanol–water partition coefficient (Wildman–Crippen LogP) is 0.873. The Labute approximate surface area is 96.4 Å². The number of aliphatic carboxylic acids is 1. The van der Waals surface area contributed by atoms with Crippen molar-refractivity contribution in [2.75, 3.05) is 0 Å². The van der Waals surface area contributed by atoms with Gasteiger partial charge >= 0.3 is 5.97 Å². The zero-order valence-corrected chi connectivity index (χ0v) is 10.0. The number of nitrogens with one attached hydrogen (secondary N) is 1. The first-order chi connectivity index (χ1) is 7.49. The van der Waals surface area contributed by atoms with Crippen LogP contribution in [0.4, 0.5) is 0 Å². The van der Waals surface area contributed by atoms with Crippen molar-refractivity contribution in [2.24, 2.45) is 5.73 Å². The van der Waals surface area contributed by atoms with Gasteiger partial charge in [-0.1, -0.05) is 20.3 Å². The highest BCUT2D eigenvalue weighted by Gasteiger charge is 2.16. The average Bonchev–Trinajstić information content (AvgIpc) is 2.16. The summed E-state index contributed by atoms with van der Waals surface area (Å²) in [6, 6.07) is -0.425. The normalized spacial score (nSPS) is 14.2. The van der Waals surface area contributed by atoms with E-state index in [9.17, 15) is 9.59 Å². The first-order valence-electron chi connectivity index (χ1n) is 5.76. The van der Waals surface area contributed by atoms with Gasteiger partial charge in [0.2, 0.25) is 5.91 Å². The van der Waals surface area contributed by atoms with Crippen LogP contribution in [0.3, 0.4) is 0 Å². The molecule has 0 heterocycles. The molecule has 0 rings (SSSR count). The zero-order chi connectivity index (χ0) is 12.6. The van der Waals surface area contributed by atoms with E-state index in [0.717, 1.165) is 12.8 Å². The summed E-state index contributed by atoms with van der Waals surface area (Å²) in [5.74, 6) is -1.05. The van der Waals surface area contributed by atoms with Crippen molar-refractivity contribution in [1.82, 2.24) is 5.32 Å². The van der Waals surface area contributed by atoms with Crippen molar-refractivity contribution in [3.8, 4) is 0 Å². The van der Waals surface area contributed by atoms with Gasteiger partial charge in [0, 0.05) is 18.5 Å². The summed E-state index contributed by atoms with van der Waals surface area (Å²) >= 11 is 0. The van der Waals surface area contributed by atoms with E-state index in [4.69, 9.17) is 10.8 Å². The number of rotatable bonds is 8. The van der Waals surface area contributed by atoms with Gasteiger partial charge in [0.05, 0.1) is 6.42 Å². The number of amides is 1. The van der Waals surface area contributed by atoms with E-state index < -0.39 is 5.97 Å². The highest BCUT2D eigenvalue weighted by Crippen LogP contribution is 2.03. The van der Waals surface area contributed by atoms with Crippen molar-refractivity contribution < 1.29 is 14.7 Å². The average molecular weight is 230 g/mol. The smallest absolute Gasteiger partial charge is 0.305 e. The first-order valence-corrected chi connectivity index (χ1v) is 5.76. The number of nitrogens with two attached hydrogens (primary N) is 1. The highest BCUT2D eigenvalue weighted by atomic mass is 16.4. The molecule has 0 aliphatic heterocycles. The van der Waals surface area contributed by atoms with Gasteiger partial charge in [0.25, 0.3) is 0 Å². The third-order valence-electron chi connectivity index (χ3n) is 2.40. The van der Waals surface area contributed by atoms with E-state index in [-0.39, 0.29) is 30.8 Å². The van der Waals surface area contributed by atoms with Crippen LogP contribution < -0.4 is 11.1 Å². The van der Waals surface area contributed by atoms with Crippen molar-refractivity contribution in [1.29, 1.82) is 0 Å². The number of carbonyl (C=O) groups excluding carboxylic acids is 1. The molecule has 5 heteroatoms. The van der Waals surface area contributed by atoms with Crippen molar-refractivity contribution >= 4 is 11.9 Å². The minimum absolute atomic E-state index is 0.0268. The standard InChI is InChI=1S/C11H22N2O3/c1-3-5-9(7-11(15)16)13-10(14)6-8(12)4-2/h8-9H,3-7,12H2,1-2H3,(H,13,14)(H,15,16). The second-order valence-corrected chi connectivity index (χ2v) is 4.02. The lowest BCUT2D eigenvalue weighted by atomic mass is 10.1. The molecule has 0 aliphatic carbocycles. The summed E-state index contributed by atoms with van der Waals surface area (Å²) in [6.45, 7) is 3.87. The van der Waals surface area contributed by atoms with E-state index in [1.165, 1.54) is 0 Å². The molecule has 4 N–H and O–H groups in total. The summed E-state index contributed by atoms with van der Waals surface area (Å²) in [4.78, 5) is 22.1. The molecule has 0 saturated heterocycles. The van der Waals surface area contributed by atoms with Gasteiger partial charge < -0.3 is 16.2 Å². The van der Waals surface area contributed by atoms with E-state index in [1.54, 1.807) is 0 Å². The number of carboxylic acids is 1. The Morgan fingerprint density at radius 1 is 1.31 bits per heavy atom. The molecular formula is C11H22N2O3. The maximum atomic E-state index is 11.5. The maximum absolute atomic E-state index is 11.5. The molecule has 94 valence electrons. The molecule has 0 spiro atoms. The molecule has 16 heavy (non-hydrogen) atoms. The molecule has 0 aromatic carbocycles. The lowest BCUT2D eigenvalue weighted by Crippen LogP contribution is -2.39. The summed E-state index contributed by atoms with van der Waals surface area (Å²) in [5, 5.41) is 11.4. The molecule has 2 atom stereocenters. The van der Waals surface area contributed by atoms with E-state index in [1.807, 2.05) is 13.8 Å². The molecule has 0 radical (unpaired) electrons. The molecule has 0 bridgehead atoms. The van der Waals surface area contributed by atoms with Gasteiger partial charge in [0.1, 0.15) is 0 Å². The Morgan fingerprint density at radius 2 is 1.94 bits per heavy atom. The lowest BCUT2D eigenvalue weighted by molar-refractivity contribution is -0.137. The van der Waals surface area contributed by atoms with Crippen LogP contribution in [-0.4, -0.2) is 29.1 Å². The van der Waals surface area contributed by atoms with Crippen LogP contribution in [0.5, 0.6) is 0 Å². The van der Waals surface area contributed by atoms with Crippen LogP contribution in [0, 0.1) is 0 Å². The molecule has 2 unspecified atom stereocenters. The number of hydrogen-bond acceptors (Lipinski definition) is 3. The van der Waals surface area contributed by atoms with Crippen LogP contribution in [0.1, 0.15) is 46.0 Å². The Kier molecular flexibility index (Phi) is 7.54. The monoisotopic (exact) mass is 230 g/mol. The summed E-state index contributed by atoms with van der Waals surface area (Å²) in [6.07, 6.45) is 2.50. The van der Waals surface area contributed by atoms with Gasteiger partial charge in [0.15, 0.2) is 0 Å². The maximum Gasteiger partial charge on any atom is 0.305 e. The van der Waals surface area contributed by atoms with Gasteiger partial charge in [-0.15, -0.1) is 0 Å².